The first-order chi connectivity index (χ1) is 12.1. The number of nitrogens with one attached hydrogen (secondary N) is 1. The summed E-state index contributed by atoms with van der Waals surface area (Å²) in [6, 6.07) is 19.2. The van der Waals surface area contributed by atoms with Crippen LogP contribution in [0, 0.1) is 6.92 Å². The van der Waals surface area contributed by atoms with E-state index in [2.05, 4.69) is 10.5 Å². The third-order valence-corrected chi connectivity index (χ3v) is 4.14. The highest BCUT2D eigenvalue weighted by Crippen LogP contribution is 2.21. The molecule has 0 atom stereocenters. The highest BCUT2D eigenvalue weighted by atomic mass is 35.5. The molecule has 0 aromatic heterocycles. The summed E-state index contributed by atoms with van der Waals surface area (Å²) in [5.41, 5.74) is 4.31. The number of ether oxygens (including phenoxy) is 1. The number of amides is 1. The maximum Gasteiger partial charge on any atom is 0.277 e. The standard InChI is InChI=1S/C20H17ClN2O2/c1-14-11-17(9-10-19(14)21)25-13-20(24)23-22-12-16-7-4-6-15-5-2-3-8-18(15)16/h2-12H,13H2,1H3,(H,23,24)/b22-12+. The maximum absolute atomic E-state index is 11.8. The molecule has 25 heavy (non-hydrogen) atoms. The van der Waals surface area contributed by atoms with Crippen molar-refractivity contribution >= 4 is 34.5 Å². The Kier molecular flexibility index (Phi) is 5.31. The number of hydrogen-bond acceptors (Lipinski definition) is 3. The summed E-state index contributed by atoms with van der Waals surface area (Å²) in [5, 5.41) is 6.88. The van der Waals surface area contributed by atoms with Gasteiger partial charge in [-0.1, -0.05) is 54.1 Å². The van der Waals surface area contributed by atoms with Gasteiger partial charge in [-0.25, -0.2) is 5.43 Å². The Hall–Kier alpha value is -2.85. The molecule has 0 bridgehead atoms. The Balaban J connectivity index is 1.58. The second kappa shape index (κ2) is 7.81. The highest BCUT2D eigenvalue weighted by molar-refractivity contribution is 6.31. The van der Waals surface area contributed by atoms with Crippen LogP contribution in [0.25, 0.3) is 10.8 Å². The smallest absolute Gasteiger partial charge is 0.277 e. The fourth-order valence-electron chi connectivity index (χ4n) is 2.42. The first-order valence-electron chi connectivity index (χ1n) is 7.82. The maximum atomic E-state index is 11.8. The van der Waals surface area contributed by atoms with Crippen LogP contribution in [0.2, 0.25) is 5.02 Å². The van der Waals surface area contributed by atoms with E-state index in [1.165, 1.54) is 0 Å². The third-order valence-electron chi connectivity index (χ3n) is 3.72. The van der Waals surface area contributed by atoms with Crippen molar-refractivity contribution in [1.29, 1.82) is 0 Å². The molecule has 3 aromatic rings. The Morgan fingerprint density at radius 3 is 2.80 bits per heavy atom. The minimum absolute atomic E-state index is 0.117. The van der Waals surface area contributed by atoms with Crippen LogP contribution in [0.5, 0.6) is 5.75 Å². The van der Waals surface area contributed by atoms with Gasteiger partial charge in [0.25, 0.3) is 5.91 Å². The van der Waals surface area contributed by atoms with Crippen molar-refractivity contribution in [3.05, 3.63) is 76.8 Å². The van der Waals surface area contributed by atoms with Crippen molar-refractivity contribution in [2.45, 2.75) is 6.92 Å². The van der Waals surface area contributed by atoms with Gasteiger partial charge in [0.05, 0.1) is 6.21 Å². The molecule has 5 heteroatoms. The van der Waals surface area contributed by atoms with Crippen molar-refractivity contribution in [2.24, 2.45) is 5.10 Å². The molecule has 0 radical (unpaired) electrons. The summed E-state index contributed by atoms with van der Waals surface area (Å²) >= 11 is 5.96. The molecule has 0 aliphatic rings. The van der Waals surface area contributed by atoms with Crippen molar-refractivity contribution in [3.8, 4) is 5.75 Å². The molecular formula is C20H17ClN2O2. The van der Waals surface area contributed by atoms with Gasteiger partial charge in [0, 0.05) is 10.6 Å². The molecule has 3 aromatic carbocycles. The summed E-state index contributed by atoms with van der Waals surface area (Å²) in [4.78, 5) is 11.8. The normalized spacial score (nSPS) is 11.0. The number of fused-ring (bicyclic) bond motifs is 1. The Morgan fingerprint density at radius 1 is 1.16 bits per heavy atom. The second-order valence-corrected chi connectivity index (χ2v) is 5.97. The number of rotatable bonds is 5. The SMILES string of the molecule is Cc1cc(OCC(=O)N/N=C/c2cccc3ccccc23)ccc1Cl. The molecule has 0 spiro atoms. The van der Waals surface area contributed by atoms with Gasteiger partial charge in [0.1, 0.15) is 5.75 Å². The van der Waals surface area contributed by atoms with E-state index in [0.29, 0.717) is 10.8 Å². The van der Waals surface area contributed by atoms with Gasteiger partial charge < -0.3 is 4.74 Å². The zero-order valence-electron chi connectivity index (χ0n) is 13.7. The van der Waals surface area contributed by atoms with Crippen molar-refractivity contribution in [3.63, 3.8) is 0 Å². The molecule has 0 aliphatic heterocycles. The van der Waals surface area contributed by atoms with Crippen LogP contribution >= 0.6 is 11.6 Å². The Bertz CT molecular complexity index is 933. The van der Waals surface area contributed by atoms with Crippen LogP contribution in [0.3, 0.4) is 0 Å². The number of benzene rings is 3. The van der Waals surface area contributed by atoms with E-state index >= 15 is 0 Å². The van der Waals surface area contributed by atoms with E-state index in [4.69, 9.17) is 16.3 Å². The summed E-state index contributed by atoms with van der Waals surface area (Å²) in [5.74, 6) is 0.263. The predicted molar refractivity (Wildman–Crippen MR) is 101 cm³/mol. The average Bonchev–Trinajstić information content (AvgIpc) is 2.63. The number of nitrogens with zero attached hydrogens (tertiary/aromatic N) is 1. The first-order valence-corrected chi connectivity index (χ1v) is 8.20. The molecule has 1 N–H and O–H groups in total. The first kappa shape index (κ1) is 17.0. The van der Waals surface area contributed by atoms with E-state index in [0.717, 1.165) is 21.9 Å². The lowest BCUT2D eigenvalue weighted by atomic mass is 10.1. The van der Waals surface area contributed by atoms with Crippen LogP contribution in [0.1, 0.15) is 11.1 Å². The predicted octanol–water partition coefficient (Wildman–Crippen LogP) is 4.33. The van der Waals surface area contributed by atoms with Crippen LogP contribution in [0.4, 0.5) is 0 Å². The lowest BCUT2D eigenvalue weighted by Gasteiger charge is -2.06. The van der Waals surface area contributed by atoms with Gasteiger partial charge in [-0.15, -0.1) is 0 Å². The van der Waals surface area contributed by atoms with Gasteiger partial charge in [-0.2, -0.15) is 5.10 Å². The van der Waals surface area contributed by atoms with Crippen molar-refractivity contribution in [2.75, 3.05) is 6.61 Å². The molecule has 0 aliphatic carbocycles. The highest BCUT2D eigenvalue weighted by Gasteiger charge is 2.03. The third kappa shape index (κ3) is 4.37. The fraction of sp³-hybridized carbons (Fsp3) is 0.100. The van der Waals surface area contributed by atoms with Gasteiger partial charge in [-0.3, -0.25) is 4.79 Å². The summed E-state index contributed by atoms with van der Waals surface area (Å²) < 4.78 is 5.43. The number of carbonyl (C=O) groups excluding carboxylic acids is 1. The molecule has 0 saturated carbocycles. The lowest BCUT2D eigenvalue weighted by Crippen LogP contribution is -2.24. The average molecular weight is 353 g/mol. The summed E-state index contributed by atoms with van der Waals surface area (Å²) in [6.07, 6.45) is 1.63. The molecule has 0 heterocycles. The largest absolute Gasteiger partial charge is 0.484 e. The molecular weight excluding hydrogens is 336 g/mol. The van der Waals surface area contributed by atoms with Gasteiger partial charge >= 0.3 is 0 Å². The number of halogens is 1. The van der Waals surface area contributed by atoms with Crippen LogP contribution in [-0.4, -0.2) is 18.7 Å². The molecule has 0 fully saturated rings. The van der Waals surface area contributed by atoms with Crippen molar-refractivity contribution < 1.29 is 9.53 Å². The monoisotopic (exact) mass is 352 g/mol. The lowest BCUT2D eigenvalue weighted by molar-refractivity contribution is -0.123. The van der Waals surface area contributed by atoms with E-state index in [1.807, 2.05) is 49.4 Å². The zero-order chi connectivity index (χ0) is 17.6. The Labute approximate surface area is 151 Å². The Morgan fingerprint density at radius 2 is 1.96 bits per heavy atom. The van der Waals surface area contributed by atoms with Crippen LogP contribution in [0.15, 0.2) is 65.8 Å². The molecule has 4 nitrogen and oxygen atoms in total. The summed E-state index contributed by atoms with van der Waals surface area (Å²) in [7, 11) is 0. The minimum Gasteiger partial charge on any atom is -0.484 e. The number of hydrazone groups is 1. The molecule has 1 amide bonds. The van der Waals surface area contributed by atoms with Gasteiger partial charge in [0.15, 0.2) is 6.61 Å². The van der Waals surface area contributed by atoms with Crippen LogP contribution in [-0.2, 0) is 4.79 Å². The number of carbonyl (C=O) groups is 1. The molecule has 0 saturated heterocycles. The number of aryl methyl sites for hydroxylation is 1. The van der Waals surface area contributed by atoms with Crippen LogP contribution < -0.4 is 10.2 Å². The molecule has 126 valence electrons. The van der Waals surface area contributed by atoms with E-state index < -0.39 is 0 Å². The topological polar surface area (TPSA) is 50.7 Å². The van der Waals surface area contributed by atoms with Crippen molar-refractivity contribution in [1.82, 2.24) is 5.43 Å². The summed E-state index contributed by atoms with van der Waals surface area (Å²) in [6.45, 7) is 1.76. The quantitative estimate of drug-likeness (QED) is 0.549. The minimum atomic E-state index is -0.330. The second-order valence-electron chi connectivity index (χ2n) is 5.56. The fourth-order valence-corrected chi connectivity index (χ4v) is 2.54. The molecule has 3 rings (SSSR count). The van der Waals surface area contributed by atoms with E-state index in [9.17, 15) is 4.79 Å². The van der Waals surface area contributed by atoms with Gasteiger partial charge in [-0.05, 0) is 41.5 Å². The molecule has 0 unspecified atom stereocenters. The zero-order valence-corrected chi connectivity index (χ0v) is 14.5. The van der Waals surface area contributed by atoms with E-state index in [-0.39, 0.29) is 12.5 Å². The van der Waals surface area contributed by atoms with Gasteiger partial charge in [0.2, 0.25) is 0 Å². The number of hydrogen-bond donors (Lipinski definition) is 1. The van der Waals surface area contributed by atoms with E-state index in [1.54, 1.807) is 24.4 Å².